The number of amides is 1. The van der Waals surface area contributed by atoms with Crippen molar-refractivity contribution < 1.29 is 14.3 Å². The van der Waals surface area contributed by atoms with E-state index in [0.29, 0.717) is 29.2 Å². The summed E-state index contributed by atoms with van der Waals surface area (Å²) in [4.78, 5) is 32.6. The van der Waals surface area contributed by atoms with Gasteiger partial charge < -0.3 is 24.3 Å². The van der Waals surface area contributed by atoms with E-state index in [1.165, 1.54) is 7.11 Å². The van der Waals surface area contributed by atoms with Crippen molar-refractivity contribution in [2.45, 2.75) is 33.4 Å². The summed E-state index contributed by atoms with van der Waals surface area (Å²) >= 11 is 0. The third-order valence-corrected chi connectivity index (χ3v) is 4.96. The van der Waals surface area contributed by atoms with Crippen molar-refractivity contribution in [1.29, 1.82) is 0 Å². The van der Waals surface area contributed by atoms with E-state index in [-0.39, 0.29) is 24.1 Å². The standard InChI is InChI=1S/C21H26N4O4/c1-12-9-17(29-5)16(20(26)24-12)10-23-21(27)18-14(3)25(13(2)11-28-4)19-15(18)7-6-8-22-19/h6-9,13H,10-11H2,1-5H3,(H,23,27)(H,24,26)/t13-/m0/s1. The molecule has 0 saturated carbocycles. The molecule has 0 aliphatic rings. The molecule has 3 rings (SSSR count). The van der Waals surface area contributed by atoms with Gasteiger partial charge in [0.05, 0.1) is 37.4 Å². The van der Waals surface area contributed by atoms with Crippen molar-refractivity contribution in [1.82, 2.24) is 19.9 Å². The summed E-state index contributed by atoms with van der Waals surface area (Å²) in [7, 11) is 3.14. The van der Waals surface area contributed by atoms with Gasteiger partial charge in [-0.2, -0.15) is 0 Å². The smallest absolute Gasteiger partial charge is 0.256 e. The molecule has 29 heavy (non-hydrogen) atoms. The van der Waals surface area contributed by atoms with E-state index in [2.05, 4.69) is 15.3 Å². The molecule has 3 aromatic heterocycles. The number of hydrogen-bond donors (Lipinski definition) is 2. The van der Waals surface area contributed by atoms with Crippen LogP contribution in [-0.2, 0) is 11.3 Å². The Balaban J connectivity index is 1.97. The molecule has 1 atom stereocenters. The molecule has 3 heterocycles. The van der Waals surface area contributed by atoms with Crippen LogP contribution in [0.2, 0.25) is 0 Å². The Morgan fingerprint density at radius 1 is 1.34 bits per heavy atom. The minimum atomic E-state index is -0.281. The molecule has 8 nitrogen and oxygen atoms in total. The average molecular weight is 398 g/mol. The summed E-state index contributed by atoms with van der Waals surface area (Å²) < 4.78 is 12.6. The van der Waals surface area contributed by atoms with E-state index < -0.39 is 0 Å². The maximum absolute atomic E-state index is 13.1. The maximum Gasteiger partial charge on any atom is 0.256 e. The van der Waals surface area contributed by atoms with Crippen LogP contribution >= 0.6 is 0 Å². The van der Waals surface area contributed by atoms with Gasteiger partial charge in [0.15, 0.2) is 0 Å². The third-order valence-electron chi connectivity index (χ3n) is 4.96. The number of nitrogens with zero attached hydrogens (tertiary/aromatic N) is 2. The van der Waals surface area contributed by atoms with Crippen LogP contribution in [0.25, 0.3) is 11.0 Å². The number of carbonyl (C=O) groups excluding carboxylic acids is 1. The SMILES string of the molecule is COC[C@H](C)n1c(C)c(C(=O)NCc2c(OC)cc(C)[nH]c2=O)c2cccnc21. The van der Waals surface area contributed by atoms with E-state index in [1.807, 2.05) is 24.5 Å². The number of fused-ring (bicyclic) bond motifs is 1. The summed E-state index contributed by atoms with van der Waals surface area (Å²) in [5, 5.41) is 3.62. The number of aromatic amines is 1. The monoisotopic (exact) mass is 398 g/mol. The molecule has 8 heteroatoms. The molecule has 0 aliphatic carbocycles. The quantitative estimate of drug-likeness (QED) is 0.637. The average Bonchev–Trinajstić information content (AvgIpc) is 2.98. The summed E-state index contributed by atoms with van der Waals surface area (Å²) in [6, 6.07) is 5.42. The molecule has 0 aliphatic heterocycles. The number of carbonyl (C=O) groups is 1. The largest absolute Gasteiger partial charge is 0.496 e. The molecule has 0 radical (unpaired) electrons. The number of hydrogen-bond acceptors (Lipinski definition) is 5. The first-order chi connectivity index (χ1) is 13.9. The molecule has 0 spiro atoms. The van der Waals surface area contributed by atoms with Crippen molar-refractivity contribution in [3.63, 3.8) is 0 Å². The van der Waals surface area contributed by atoms with E-state index in [0.717, 1.165) is 16.7 Å². The molecule has 3 aromatic rings. The third kappa shape index (κ3) is 3.88. The fourth-order valence-corrected chi connectivity index (χ4v) is 3.69. The van der Waals surface area contributed by atoms with Gasteiger partial charge in [-0.25, -0.2) is 4.98 Å². The highest BCUT2D eigenvalue weighted by atomic mass is 16.5. The first kappa shape index (κ1) is 20.6. The Hall–Kier alpha value is -3.13. The number of aromatic nitrogens is 3. The number of aryl methyl sites for hydroxylation is 1. The van der Waals surface area contributed by atoms with Crippen LogP contribution in [-0.4, -0.2) is 41.3 Å². The number of nitrogens with one attached hydrogen (secondary N) is 2. The van der Waals surface area contributed by atoms with Crippen LogP contribution in [0.3, 0.4) is 0 Å². The van der Waals surface area contributed by atoms with E-state index >= 15 is 0 Å². The minimum absolute atomic E-state index is 0.0130. The van der Waals surface area contributed by atoms with Crippen LogP contribution in [0, 0.1) is 13.8 Å². The molecule has 0 unspecified atom stereocenters. The molecule has 0 aromatic carbocycles. The number of pyridine rings is 2. The van der Waals surface area contributed by atoms with Crippen LogP contribution in [0.15, 0.2) is 29.2 Å². The van der Waals surface area contributed by atoms with Crippen molar-refractivity contribution in [2.75, 3.05) is 20.8 Å². The fourth-order valence-electron chi connectivity index (χ4n) is 3.69. The highest BCUT2D eigenvalue weighted by Gasteiger charge is 2.23. The van der Waals surface area contributed by atoms with Crippen LogP contribution < -0.4 is 15.6 Å². The number of methoxy groups -OCH3 is 2. The maximum atomic E-state index is 13.1. The first-order valence-electron chi connectivity index (χ1n) is 9.38. The van der Waals surface area contributed by atoms with Crippen molar-refractivity contribution in [3.8, 4) is 5.75 Å². The van der Waals surface area contributed by atoms with Gasteiger partial charge in [0, 0.05) is 30.1 Å². The lowest BCUT2D eigenvalue weighted by Gasteiger charge is -2.16. The van der Waals surface area contributed by atoms with E-state index in [1.54, 1.807) is 32.4 Å². The zero-order chi connectivity index (χ0) is 21.1. The number of rotatable bonds is 7. The lowest BCUT2D eigenvalue weighted by atomic mass is 10.1. The van der Waals surface area contributed by atoms with Gasteiger partial charge in [-0.15, -0.1) is 0 Å². The second-order valence-corrected chi connectivity index (χ2v) is 7.02. The number of ether oxygens (including phenoxy) is 2. The topological polar surface area (TPSA) is 98.2 Å². The molecule has 154 valence electrons. The Kier molecular flexibility index (Phi) is 6.03. The Morgan fingerprint density at radius 2 is 2.10 bits per heavy atom. The second kappa shape index (κ2) is 8.48. The minimum Gasteiger partial charge on any atom is -0.496 e. The molecule has 0 saturated heterocycles. The molecule has 1 amide bonds. The first-order valence-corrected chi connectivity index (χ1v) is 9.38. The Bertz CT molecular complexity index is 1100. The fraction of sp³-hybridized carbons (Fsp3) is 0.381. The number of H-pyrrole nitrogens is 1. The van der Waals surface area contributed by atoms with E-state index in [4.69, 9.17) is 9.47 Å². The van der Waals surface area contributed by atoms with Crippen LogP contribution in [0.1, 0.15) is 40.3 Å². The lowest BCUT2D eigenvalue weighted by Crippen LogP contribution is -2.28. The van der Waals surface area contributed by atoms with Gasteiger partial charge in [0.1, 0.15) is 11.4 Å². The van der Waals surface area contributed by atoms with Crippen molar-refractivity contribution in [2.24, 2.45) is 0 Å². The summed E-state index contributed by atoms with van der Waals surface area (Å²) in [5.41, 5.74) is 2.85. The molecule has 2 N–H and O–H groups in total. The Labute approximate surface area is 168 Å². The van der Waals surface area contributed by atoms with Gasteiger partial charge >= 0.3 is 0 Å². The van der Waals surface area contributed by atoms with Gasteiger partial charge in [0.2, 0.25) is 0 Å². The summed E-state index contributed by atoms with van der Waals surface area (Å²) in [6.07, 6.45) is 1.70. The predicted octanol–water partition coefficient (Wildman–Crippen LogP) is 2.49. The van der Waals surface area contributed by atoms with Crippen molar-refractivity contribution >= 4 is 16.9 Å². The van der Waals surface area contributed by atoms with Crippen molar-refractivity contribution in [3.05, 3.63) is 57.3 Å². The van der Waals surface area contributed by atoms with E-state index in [9.17, 15) is 9.59 Å². The summed E-state index contributed by atoms with van der Waals surface area (Å²) in [6.45, 7) is 6.24. The van der Waals surface area contributed by atoms with Crippen LogP contribution in [0.4, 0.5) is 0 Å². The zero-order valence-corrected chi connectivity index (χ0v) is 17.3. The molecule has 0 bridgehead atoms. The molecular weight excluding hydrogens is 372 g/mol. The zero-order valence-electron chi connectivity index (χ0n) is 17.3. The van der Waals surface area contributed by atoms with Gasteiger partial charge in [-0.1, -0.05) is 0 Å². The van der Waals surface area contributed by atoms with Crippen LogP contribution in [0.5, 0.6) is 5.75 Å². The highest BCUT2D eigenvalue weighted by molar-refractivity contribution is 6.07. The lowest BCUT2D eigenvalue weighted by molar-refractivity contribution is 0.0951. The second-order valence-electron chi connectivity index (χ2n) is 7.02. The molecule has 0 fully saturated rings. The Morgan fingerprint density at radius 3 is 2.79 bits per heavy atom. The van der Waals surface area contributed by atoms with Gasteiger partial charge in [0.25, 0.3) is 11.5 Å². The normalized spacial score (nSPS) is 12.2. The molecular formula is C21H26N4O4. The highest BCUT2D eigenvalue weighted by Crippen LogP contribution is 2.28. The summed E-state index contributed by atoms with van der Waals surface area (Å²) in [5.74, 6) is 0.173. The van der Waals surface area contributed by atoms with Gasteiger partial charge in [-0.05, 0) is 39.0 Å². The van der Waals surface area contributed by atoms with Gasteiger partial charge in [-0.3, -0.25) is 9.59 Å². The predicted molar refractivity (Wildman–Crippen MR) is 111 cm³/mol.